The van der Waals surface area contributed by atoms with Gasteiger partial charge in [0.05, 0.1) is 12.0 Å². The summed E-state index contributed by atoms with van der Waals surface area (Å²) < 4.78 is 90.9. The van der Waals surface area contributed by atoms with Gasteiger partial charge in [-0.2, -0.15) is 4.31 Å². The number of alkyl carbamates (subject to hydrolysis) is 1. The topological polar surface area (TPSA) is 126 Å². The minimum atomic E-state index is -4.94. The van der Waals surface area contributed by atoms with Crippen molar-refractivity contribution < 1.29 is 45.0 Å². The lowest BCUT2D eigenvalue weighted by molar-refractivity contribution is -0.274. The lowest BCUT2D eigenvalue weighted by Crippen LogP contribution is -2.58. The van der Waals surface area contributed by atoms with Gasteiger partial charge in [0.15, 0.2) is 0 Å². The highest BCUT2D eigenvalue weighted by molar-refractivity contribution is 7.89. The first kappa shape index (κ1) is 38.9. The number of nitrogens with one attached hydrogen (secondary N) is 3. The number of sulfonamides is 1. The van der Waals surface area contributed by atoms with Crippen LogP contribution in [0.25, 0.3) is 0 Å². The van der Waals surface area contributed by atoms with Gasteiger partial charge in [-0.1, -0.05) is 43.6 Å². The van der Waals surface area contributed by atoms with E-state index in [0.29, 0.717) is 11.6 Å². The van der Waals surface area contributed by atoms with Gasteiger partial charge in [0.25, 0.3) is 0 Å². The number of carbonyl (C=O) groups is 2. The number of piperazine rings is 1. The van der Waals surface area contributed by atoms with Crippen molar-refractivity contribution >= 4 is 39.3 Å². The van der Waals surface area contributed by atoms with E-state index in [4.69, 9.17) is 16.3 Å². The Balaban J connectivity index is 1.59. The van der Waals surface area contributed by atoms with E-state index >= 15 is 4.39 Å². The third kappa shape index (κ3) is 9.65. The van der Waals surface area contributed by atoms with Crippen LogP contribution in [0.15, 0.2) is 71.6 Å². The maximum absolute atomic E-state index is 15.4. The standard InChI is InChI=1S/C34H39ClF4N4O6S/c1-20(2)30(22-8-10-23(35)11-9-22)31(42-33(45)48-4)32(44)41-29-7-5-6-28(36)27(29)17-12-24-19-40-18-21(3)43(24)50(46,47)26-15-13-25(14-16-26)49-34(37,38)39/h5-11,13-16,20-21,24,30-31,40H,12,17-19H2,1-4H3,(H,41,44)(H,42,45)/t21-,24-,30+,31-/m0/s1. The van der Waals surface area contributed by atoms with E-state index in [9.17, 15) is 31.2 Å². The van der Waals surface area contributed by atoms with E-state index in [-0.39, 0.29) is 41.5 Å². The number of anilines is 1. The zero-order valence-electron chi connectivity index (χ0n) is 27.8. The van der Waals surface area contributed by atoms with Gasteiger partial charge in [0, 0.05) is 47.4 Å². The lowest BCUT2D eigenvalue weighted by atomic mass is 9.82. The van der Waals surface area contributed by atoms with Crippen LogP contribution in [0.2, 0.25) is 5.02 Å². The van der Waals surface area contributed by atoms with Crippen molar-refractivity contribution in [2.45, 2.75) is 68.9 Å². The van der Waals surface area contributed by atoms with Gasteiger partial charge in [-0.3, -0.25) is 4.79 Å². The average Bonchev–Trinajstić information content (AvgIpc) is 3.04. The highest BCUT2D eigenvalue weighted by Gasteiger charge is 2.39. The minimum Gasteiger partial charge on any atom is -0.453 e. The second kappa shape index (κ2) is 16.4. The first-order chi connectivity index (χ1) is 23.5. The Morgan fingerprint density at radius 1 is 1.04 bits per heavy atom. The molecule has 0 saturated carbocycles. The van der Waals surface area contributed by atoms with Gasteiger partial charge in [-0.15, -0.1) is 13.2 Å². The van der Waals surface area contributed by atoms with Crippen molar-refractivity contribution in [3.05, 3.63) is 88.7 Å². The molecule has 3 aromatic rings. The second-order valence-electron chi connectivity index (χ2n) is 12.2. The molecule has 0 radical (unpaired) electrons. The van der Waals surface area contributed by atoms with Gasteiger partial charge >= 0.3 is 12.5 Å². The molecule has 0 aliphatic carbocycles. The van der Waals surface area contributed by atoms with Gasteiger partial charge in [-0.25, -0.2) is 17.6 Å². The second-order valence-corrected chi connectivity index (χ2v) is 14.5. The summed E-state index contributed by atoms with van der Waals surface area (Å²) in [4.78, 5) is 26.1. The number of hydrogen-bond donors (Lipinski definition) is 3. The highest BCUT2D eigenvalue weighted by atomic mass is 35.5. The van der Waals surface area contributed by atoms with Crippen molar-refractivity contribution in [1.82, 2.24) is 14.9 Å². The normalized spacial score (nSPS) is 18.3. The molecule has 4 atom stereocenters. The fourth-order valence-electron chi connectivity index (χ4n) is 6.20. The molecule has 1 aliphatic rings. The third-order valence-corrected chi connectivity index (χ3v) is 10.8. The summed E-state index contributed by atoms with van der Waals surface area (Å²) in [5.74, 6) is -2.52. The number of halogens is 5. The molecule has 3 N–H and O–H groups in total. The zero-order chi connectivity index (χ0) is 36.8. The Labute approximate surface area is 293 Å². The highest BCUT2D eigenvalue weighted by Crippen LogP contribution is 2.32. The van der Waals surface area contributed by atoms with Crippen LogP contribution in [0.5, 0.6) is 5.75 Å². The first-order valence-corrected chi connectivity index (χ1v) is 17.6. The Hall–Kier alpha value is -3.92. The van der Waals surface area contributed by atoms with Crippen LogP contribution in [0.4, 0.5) is 28.0 Å². The number of alkyl halides is 3. The van der Waals surface area contributed by atoms with Gasteiger partial charge in [-0.05, 0) is 79.8 Å². The molecular weight excluding hydrogens is 704 g/mol. The third-order valence-electron chi connectivity index (χ3n) is 8.42. The summed E-state index contributed by atoms with van der Waals surface area (Å²) in [5.41, 5.74) is 0.981. The maximum Gasteiger partial charge on any atom is 0.573 e. The smallest absolute Gasteiger partial charge is 0.453 e. The number of rotatable bonds is 12. The van der Waals surface area contributed by atoms with Crippen molar-refractivity contribution in [2.24, 2.45) is 5.92 Å². The molecule has 1 aliphatic heterocycles. The molecule has 2 amide bonds. The SMILES string of the molecule is COC(=O)N[C@H](C(=O)Nc1cccc(F)c1CC[C@H]1CNC[C@H](C)N1S(=O)(=O)c1ccc(OC(F)(F)F)cc1)[C@@H](c1ccc(Cl)cc1)C(C)C. The van der Waals surface area contributed by atoms with Gasteiger partial charge in [0.2, 0.25) is 15.9 Å². The van der Waals surface area contributed by atoms with Crippen molar-refractivity contribution in [3.63, 3.8) is 0 Å². The number of hydrogen-bond acceptors (Lipinski definition) is 7. The van der Waals surface area contributed by atoms with E-state index in [1.807, 2.05) is 13.8 Å². The summed E-state index contributed by atoms with van der Waals surface area (Å²) in [7, 11) is -3.03. The van der Waals surface area contributed by atoms with Gasteiger partial charge in [0.1, 0.15) is 17.6 Å². The molecule has 4 rings (SSSR count). The molecule has 50 heavy (non-hydrogen) atoms. The van der Waals surface area contributed by atoms with Crippen molar-refractivity contribution in [3.8, 4) is 5.75 Å². The summed E-state index contributed by atoms with van der Waals surface area (Å²) >= 11 is 6.08. The molecule has 1 heterocycles. The Kier molecular flexibility index (Phi) is 12.8. The van der Waals surface area contributed by atoms with Crippen LogP contribution >= 0.6 is 11.6 Å². The van der Waals surface area contributed by atoms with E-state index in [1.165, 1.54) is 29.6 Å². The predicted octanol–water partition coefficient (Wildman–Crippen LogP) is 6.46. The Bertz CT molecular complexity index is 1740. The van der Waals surface area contributed by atoms with E-state index in [1.54, 1.807) is 31.2 Å². The number of carbonyl (C=O) groups excluding carboxylic acids is 2. The molecular formula is C34H39ClF4N4O6S. The summed E-state index contributed by atoms with van der Waals surface area (Å²) in [6.07, 6.45) is -5.65. The van der Waals surface area contributed by atoms with Crippen LogP contribution in [-0.2, 0) is 26.0 Å². The fraction of sp³-hybridized carbons (Fsp3) is 0.412. The monoisotopic (exact) mass is 742 g/mol. The number of nitrogens with zero attached hydrogens (tertiary/aromatic N) is 1. The minimum absolute atomic E-state index is 0.00558. The molecule has 0 aromatic heterocycles. The fourth-order valence-corrected chi connectivity index (χ4v) is 8.17. The molecule has 16 heteroatoms. The van der Waals surface area contributed by atoms with E-state index in [0.717, 1.165) is 29.8 Å². The van der Waals surface area contributed by atoms with Crippen molar-refractivity contribution in [1.29, 1.82) is 0 Å². The van der Waals surface area contributed by atoms with E-state index in [2.05, 4.69) is 20.7 Å². The number of ether oxygens (including phenoxy) is 2. The molecule has 0 spiro atoms. The van der Waals surface area contributed by atoms with Gasteiger partial charge < -0.3 is 25.4 Å². The summed E-state index contributed by atoms with van der Waals surface area (Å²) in [6.45, 7) is 5.99. The molecule has 0 unspecified atom stereocenters. The van der Waals surface area contributed by atoms with Crippen LogP contribution in [0, 0.1) is 11.7 Å². The van der Waals surface area contributed by atoms with Crippen LogP contribution in [0.3, 0.4) is 0 Å². The largest absolute Gasteiger partial charge is 0.573 e. The maximum atomic E-state index is 15.4. The predicted molar refractivity (Wildman–Crippen MR) is 180 cm³/mol. The molecule has 10 nitrogen and oxygen atoms in total. The quantitative estimate of drug-likeness (QED) is 0.182. The molecule has 3 aromatic carbocycles. The molecule has 272 valence electrons. The molecule has 1 saturated heterocycles. The zero-order valence-corrected chi connectivity index (χ0v) is 29.3. The summed E-state index contributed by atoms with van der Waals surface area (Å²) in [6, 6.07) is 12.6. The molecule has 0 bridgehead atoms. The number of amides is 2. The number of methoxy groups -OCH3 is 1. The van der Waals surface area contributed by atoms with Crippen molar-refractivity contribution in [2.75, 3.05) is 25.5 Å². The average molecular weight is 743 g/mol. The first-order valence-electron chi connectivity index (χ1n) is 15.8. The Morgan fingerprint density at radius 3 is 2.30 bits per heavy atom. The lowest BCUT2D eigenvalue weighted by Gasteiger charge is -2.40. The number of benzene rings is 3. The summed E-state index contributed by atoms with van der Waals surface area (Å²) in [5, 5.41) is 9.05. The van der Waals surface area contributed by atoms with Crippen LogP contribution < -0.4 is 20.7 Å². The van der Waals surface area contributed by atoms with Crippen LogP contribution in [0.1, 0.15) is 44.2 Å². The van der Waals surface area contributed by atoms with E-state index < -0.39 is 64.0 Å². The van der Waals surface area contributed by atoms with Crippen LogP contribution in [-0.4, -0.2) is 69.4 Å². The Morgan fingerprint density at radius 2 is 1.70 bits per heavy atom. The molecule has 1 fully saturated rings.